The minimum Gasteiger partial charge on any atom is -0.497 e. The van der Waals surface area contributed by atoms with Crippen LogP contribution in [0.4, 0.5) is 11.5 Å². The third-order valence-corrected chi connectivity index (χ3v) is 4.32. The van der Waals surface area contributed by atoms with Crippen LogP contribution >= 0.6 is 11.6 Å². The number of hydrogen-bond donors (Lipinski definition) is 0. The first kappa shape index (κ1) is 16.8. The molecular formula is C17H15ClN6O. The number of rotatable bonds is 3. The van der Waals surface area contributed by atoms with Crippen LogP contribution in [-0.2, 0) is 0 Å². The lowest BCUT2D eigenvalue weighted by Gasteiger charge is -2.36. The Labute approximate surface area is 150 Å². The smallest absolute Gasteiger partial charge is 0.179 e. The molecule has 1 aromatic carbocycles. The fourth-order valence-electron chi connectivity index (χ4n) is 2.73. The zero-order valence-electron chi connectivity index (χ0n) is 13.6. The highest BCUT2D eigenvalue weighted by molar-refractivity contribution is 6.31. The number of nitrogens with zero attached hydrogens (tertiary/aromatic N) is 6. The molecule has 0 N–H and O–H groups in total. The van der Waals surface area contributed by atoms with Crippen molar-refractivity contribution in [1.29, 1.82) is 10.5 Å². The Hall–Kier alpha value is -3.03. The van der Waals surface area contributed by atoms with Gasteiger partial charge in [-0.1, -0.05) is 11.6 Å². The molecule has 8 heteroatoms. The summed E-state index contributed by atoms with van der Waals surface area (Å²) in [4.78, 5) is 12.4. The van der Waals surface area contributed by atoms with Crippen molar-refractivity contribution < 1.29 is 4.74 Å². The number of methoxy groups -OCH3 is 1. The van der Waals surface area contributed by atoms with Crippen LogP contribution in [0.3, 0.4) is 0 Å². The van der Waals surface area contributed by atoms with E-state index in [9.17, 15) is 0 Å². The van der Waals surface area contributed by atoms with Crippen LogP contribution in [0.5, 0.6) is 5.75 Å². The fourth-order valence-corrected chi connectivity index (χ4v) is 2.98. The lowest BCUT2D eigenvalue weighted by Crippen LogP contribution is -2.47. The predicted octanol–water partition coefficient (Wildman–Crippen LogP) is 2.21. The molecule has 0 aliphatic carbocycles. The molecule has 1 aliphatic heterocycles. The van der Waals surface area contributed by atoms with E-state index in [0.717, 1.165) is 24.5 Å². The molecule has 126 valence electrons. The van der Waals surface area contributed by atoms with E-state index in [0.29, 0.717) is 18.9 Å². The van der Waals surface area contributed by atoms with Gasteiger partial charge in [-0.3, -0.25) is 0 Å². The molecule has 2 heterocycles. The van der Waals surface area contributed by atoms with Crippen LogP contribution < -0.4 is 14.5 Å². The second-order valence-electron chi connectivity index (χ2n) is 5.43. The number of piperazine rings is 1. The summed E-state index contributed by atoms with van der Waals surface area (Å²) in [5.41, 5.74) is 1.07. The van der Waals surface area contributed by atoms with E-state index in [1.54, 1.807) is 7.11 Å². The minimum atomic E-state index is -0.0480. The number of nitriles is 2. The van der Waals surface area contributed by atoms with E-state index in [2.05, 4.69) is 14.9 Å². The maximum atomic E-state index is 9.11. The second kappa shape index (κ2) is 7.25. The SMILES string of the molecule is COc1ccc(N2CCN(c3nc(C#N)c(C#N)nc3Cl)CC2)cc1. The van der Waals surface area contributed by atoms with Gasteiger partial charge < -0.3 is 14.5 Å². The average Bonchev–Trinajstić information content (AvgIpc) is 2.68. The van der Waals surface area contributed by atoms with Gasteiger partial charge in [0, 0.05) is 31.9 Å². The second-order valence-corrected chi connectivity index (χ2v) is 5.79. The van der Waals surface area contributed by atoms with E-state index in [1.807, 2.05) is 41.3 Å². The van der Waals surface area contributed by atoms with Gasteiger partial charge in [-0.2, -0.15) is 10.5 Å². The van der Waals surface area contributed by atoms with E-state index in [1.165, 1.54) is 0 Å². The van der Waals surface area contributed by atoms with E-state index >= 15 is 0 Å². The summed E-state index contributed by atoms with van der Waals surface area (Å²) in [6, 6.07) is 11.7. The van der Waals surface area contributed by atoms with E-state index < -0.39 is 0 Å². The summed E-state index contributed by atoms with van der Waals surface area (Å²) in [6.45, 7) is 2.95. The van der Waals surface area contributed by atoms with Gasteiger partial charge in [-0.25, -0.2) is 9.97 Å². The van der Waals surface area contributed by atoms with Crippen molar-refractivity contribution in [3.63, 3.8) is 0 Å². The molecule has 0 spiro atoms. The lowest BCUT2D eigenvalue weighted by molar-refractivity contribution is 0.415. The maximum Gasteiger partial charge on any atom is 0.179 e. The van der Waals surface area contributed by atoms with Gasteiger partial charge in [0.25, 0.3) is 0 Å². The van der Waals surface area contributed by atoms with Gasteiger partial charge in [0.2, 0.25) is 0 Å². The summed E-state index contributed by atoms with van der Waals surface area (Å²) in [6.07, 6.45) is 0. The van der Waals surface area contributed by atoms with Gasteiger partial charge in [-0.15, -0.1) is 0 Å². The third kappa shape index (κ3) is 3.42. The quantitative estimate of drug-likeness (QED) is 0.834. The summed E-state index contributed by atoms with van der Waals surface area (Å²) in [5.74, 6) is 1.28. The van der Waals surface area contributed by atoms with Gasteiger partial charge in [0.15, 0.2) is 22.4 Å². The molecule has 2 aromatic rings. The normalized spacial score (nSPS) is 13.9. The molecule has 1 fully saturated rings. The molecule has 0 radical (unpaired) electrons. The first-order chi connectivity index (χ1) is 12.2. The fraction of sp³-hybridized carbons (Fsp3) is 0.294. The average molecular weight is 355 g/mol. The number of halogens is 1. The molecule has 0 atom stereocenters. The molecule has 0 amide bonds. The van der Waals surface area contributed by atoms with Crippen molar-refractivity contribution in [3.8, 4) is 17.9 Å². The van der Waals surface area contributed by atoms with E-state index in [4.69, 9.17) is 26.9 Å². The highest BCUT2D eigenvalue weighted by Crippen LogP contribution is 2.26. The van der Waals surface area contributed by atoms with Crippen LogP contribution in [0.1, 0.15) is 11.4 Å². The number of aromatic nitrogens is 2. The van der Waals surface area contributed by atoms with Gasteiger partial charge in [0.1, 0.15) is 17.9 Å². The zero-order chi connectivity index (χ0) is 17.8. The zero-order valence-corrected chi connectivity index (χ0v) is 14.4. The lowest BCUT2D eigenvalue weighted by atomic mass is 10.2. The Kier molecular flexibility index (Phi) is 4.87. The van der Waals surface area contributed by atoms with Gasteiger partial charge >= 0.3 is 0 Å². The van der Waals surface area contributed by atoms with Gasteiger partial charge in [-0.05, 0) is 24.3 Å². The monoisotopic (exact) mass is 354 g/mol. The molecule has 1 aromatic heterocycles. The highest BCUT2D eigenvalue weighted by Gasteiger charge is 2.22. The Morgan fingerprint density at radius 2 is 1.52 bits per heavy atom. The molecule has 3 rings (SSSR count). The minimum absolute atomic E-state index is 0.000478. The Morgan fingerprint density at radius 3 is 2.08 bits per heavy atom. The Balaban J connectivity index is 1.74. The van der Waals surface area contributed by atoms with Gasteiger partial charge in [0.05, 0.1) is 7.11 Å². The van der Waals surface area contributed by atoms with Crippen molar-refractivity contribution in [2.45, 2.75) is 0 Å². The number of anilines is 2. The Morgan fingerprint density at radius 1 is 0.960 bits per heavy atom. The third-order valence-electron chi connectivity index (χ3n) is 4.07. The molecule has 0 unspecified atom stereocenters. The van der Waals surface area contributed by atoms with Crippen molar-refractivity contribution in [3.05, 3.63) is 40.8 Å². The molecule has 25 heavy (non-hydrogen) atoms. The van der Waals surface area contributed by atoms with Crippen molar-refractivity contribution >= 4 is 23.1 Å². The van der Waals surface area contributed by atoms with Crippen molar-refractivity contribution in [1.82, 2.24) is 9.97 Å². The molecule has 1 saturated heterocycles. The summed E-state index contributed by atoms with van der Waals surface area (Å²) < 4.78 is 5.18. The Bertz CT molecular complexity index is 847. The van der Waals surface area contributed by atoms with Crippen LogP contribution in [0.2, 0.25) is 5.15 Å². The molecule has 0 bridgehead atoms. The topological polar surface area (TPSA) is 89.1 Å². The molecule has 1 aliphatic rings. The highest BCUT2D eigenvalue weighted by atomic mass is 35.5. The van der Waals surface area contributed by atoms with Crippen LogP contribution in [0.25, 0.3) is 0 Å². The molecule has 7 nitrogen and oxygen atoms in total. The predicted molar refractivity (Wildman–Crippen MR) is 93.9 cm³/mol. The summed E-state index contributed by atoms with van der Waals surface area (Å²) in [7, 11) is 1.64. The number of benzene rings is 1. The van der Waals surface area contributed by atoms with Crippen LogP contribution in [0, 0.1) is 22.7 Å². The van der Waals surface area contributed by atoms with Crippen LogP contribution in [0.15, 0.2) is 24.3 Å². The van der Waals surface area contributed by atoms with Crippen molar-refractivity contribution in [2.75, 3.05) is 43.1 Å². The first-order valence-corrected chi connectivity index (χ1v) is 8.05. The maximum absolute atomic E-state index is 9.11. The van der Waals surface area contributed by atoms with Crippen molar-refractivity contribution in [2.24, 2.45) is 0 Å². The van der Waals surface area contributed by atoms with E-state index in [-0.39, 0.29) is 16.5 Å². The first-order valence-electron chi connectivity index (χ1n) is 7.68. The standard InChI is InChI=1S/C17H15ClN6O/c1-25-13-4-2-12(3-5-13)23-6-8-24(9-7-23)17-16(18)21-14(10-19)15(11-20)22-17/h2-5H,6-9H2,1H3. The molecule has 0 saturated carbocycles. The summed E-state index contributed by atoms with van der Waals surface area (Å²) >= 11 is 6.15. The number of ether oxygens (including phenoxy) is 1. The summed E-state index contributed by atoms with van der Waals surface area (Å²) in [5, 5.41) is 18.2. The number of hydrogen-bond acceptors (Lipinski definition) is 7. The largest absolute Gasteiger partial charge is 0.497 e. The molecular weight excluding hydrogens is 340 g/mol. The van der Waals surface area contributed by atoms with Crippen LogP contribution in [-0.4, -0.2) is 43.3 Å².